The Morgan fingerprint density at radius 2 is 2.40 bits per heavy atom. The summed E-state index contributed by atoms with van der Waals surface area (Å²) in [5.41, 5.74) is 0.460. The van der Waals surface area contributed by atoms with E-state index < -0.39 is 5.60 Å². The second kappa shape index (κ2) is 6.26. The van der Waals surface area contributed by atoms with Gasteiger partial charge in [-0.05, 0) is 40.2 Å². The van der Waals surface area contributed by atoms with Crippen LogP contribution < -0.4 is 5.32 Å². The quantitative estimate of drug-likeness (QED) is 0.919. The summed E-state index contributed by atoms with van der Waals surface area (Å²) in [5.74, 6) is 0. The number of likely N-dealkylation sites (tertiary alicyclic amines) is 1. The number of amides is 1. The lowest BCUT2D eigenvalue weighted by Crippen LogP contribution is -2.48. The molecule has 1 saturated heterocycles. The van der Waals surface area contributed by atoms with Crippen molar-refractivity contribution in [2.24, 2.45) is 0 Å². The number of nitrogens with zero attached hydrogens (tertiary/aromatic N) is 2. The smallest absolute Gasteiger partial charge is 0.407 e. The first kappa shape index (κ1) is 14.8. The van der Waals surface area contributed by atoms with Crippen LogP contribution in [0.3, 0.4) is 0 Å². The molecule has 1 aliphatic rings. The predicted molar refractivity (Wildman–Crippen MR) is 74.2 cm³/mol. The minimum absolute atomic E-state index is 0.130. The van der Waals surface area contributed by atoms with Gasteiger partial charge in [-0.1, -0.05) is 5.16 Å². The van der Waals surface area contributed by atoms with Crippen LogP contribution in [0.25, 0.3) is 0 Å². The molecular weight excluding hydrogens is 258 g/mol. The molecule has 1 atom stereocenters. The Labute approximate surface area is 119 Å². The zero-order valence-electron chi connectivity index (χ0n) is 12.4. The van der Waals surface area contributed by atoms with Gasteiger partial charge in [0.2, 0.25) is 0 Å². The second-order valence-corrected chi connectivity index (χ2v) is 6.21. The summed E-state index contributed by atoms with van der Waals surface area (Å²) in [7, 11) is 0. The van der Waals surface area contributed by atoms with Crippen LogP contribution in [0.4, 0.5) is 4.79 Å². The average molecular weight is 281 g/mol. The molecule has 6 heteroatoms. The minimum atomic E-state index is -0.459. The number of alkyl carbamates (subject to hydrolysis) is 1. The number of nitrogens with one attached hydrogen (secondary N) is 1. The summed E-state index contributed by atoms with van der Waals surface area (Å²) < 4.78 is 10.1. The van der Waals surface area contributed by atoms with E-state index in [1.807, 2.05) is 26.8 Å². The van der Waals surface area contributed by atoms with E-state index in [1.165, 1.54) is 0 Å². The Bertz CT molecular complexity index is 425. The third kappa shape index (κ3) is 4.85. The highest BCUT2D eigenvalue weighted by Crippen LogP contribution is 2.14. The van der Waals surface area contributed by atoms with E-state index in [2.05, 4.69) is 15.4 Å². The fraction of sp³-hybridized carbons (Fsp3) is 0.714. The van der Waals surface area contributed by atoms with Crippen molar-refractivity contribution in [1.82, 2.24) is 15.4 Å². The Balaban J connectivity index is 1.80. The summed E-state index contributed by atoms with van der Waals surface area (Å²) in [5, 5.41) is 6.85. The number of rotatable bonds is 3. The van der Waals surface area contributed by atoms with Crippen molar-refractivity contribution < 1.29 is 14.1 Å². The van der Waals surface area contributed by atoms with E-state index >= 15 is 0 Å². The molecule has 0 saturated carbocycles. The lowest BCUT2D eigenvalue weighted by atomic mass is 10.1. The predicted octanol–water partition coefficient (Wildman–Crippen LogP) is 2.16. The van der Waals surface area contributed by atoms with Crippen LogP contribution in [0.2, 0.25) is 0 Å². The molecule has 1 fully saturated rings. The Kier molecular flexibility index (Phi) is 4.65. The highest BCUT2D eigenvalue weighted by Gasteiger charge is 2.24. The number of piperidine rings is 1. The molecule has 20 heavy (non-hydrogen) atoms. The summed E-state index contributed by atoms with van der Waals surface area (Å²) in [6.45, 7) is 8.17. The van der Waals surface area contributed by atoms with Crippen molar-refractivity contribution in [1.29, 1.82) is 0 Å². The van der Waals surface area contributed by atoms with Gasteiger partial charge in [-0.25, -0.2) is 4.79 Å². The Morgan fingerprint density at radius 1 is 1.60 bits per heavy atom. The van der Waals surface area contributed by atoms with Gasteiger partial charge < -0.3 is 14.6 Å². The van der Waals surface area contributed by atoms with Crippen LogP contribution in [0.15, 0.2) is 16.9 Å². The van der Waals surface area contributed by atoms with Crippen LogP contribution in [0.5, 0.6) is 0 Å². The minimum Gasteiger partial charge on any atom is -0.444 e. The summed E-state index contributed by atoms with van der Waals surface area (Å²) in [6.07, 6.45) is 3.27. The van der Waals surface area contributed by atoms with Gasteiger partial charge in [0.05, 0.1) is 5.69 Å². The molecule has 112 valence electrons. The van der Waals surface area contributed by atoms with Crippen LogP contribution >= 0.6 is 0 Å². The van der Waals surface area contributed by atoms with Gasteiger partial charge in [0.25, 0.3) is 0 Å². The molecule has 1 aliphatic heterocycles. The molecular formula is C14H23N3O3. The largest absolute Gasteiger partial charge is 0.444 e. The summed E-state index contributed by atoms with van der Waals surface area (Å²) in [4.78, 5) is 14.0. The second-order valence-electron chi connectivity index (χ2n) is 6.21. The molecule has 0 bridgehead atoms. The third-order valence-corrected chi connectivity index (χ3v) is 3.10. The lowest BCUT2D eigenvalue weighted by Gasteiger charge is -2.33. The molecule has 1 amide bonds. The van der Waals surface area contributed by atoms with Gasteiger partial charge in [0.15, 0.2) is 0 Å². The van der Waals surface area contributed by atoms with E-state index in [-0.39, 0.29) is 12.1 Å². The monoisotopic (exact) mass is 281 g/mol. The topological polar surface area (TPSA) is 67.6 Å². The van der Waals surface area contributed by atoms with Gasteiger partial charge in [0.1, 0.15) is 11.9 Å². The van der Waals surface area contributed by atoms with E-state index in [1.54, 1.807) is 6.26 Å². The molecule has 0 spiro atoms. The van der Waals surface area contributed by atoms with Crippen LogP contribution in [-0.2, 0) is 11.3 Å². The first-order chi connectivity index (χ1) is 9.42. The van der Waals surface area contributed by atoms with Crippen molar-refractivity contribution >= 4 is 6.09 Å². The van der Waals surface area contributed by atoms with Crippen LogP contribution in [0.1, 0.15) is 39.3 Å². The maximum Gasteiger partial charge on any atom is 0.407 e. The van der Waals surface area contributed by atoms with Gasteiger partial charge in [-0.2, -0.15) is 0 Å². The zero-order chi connectivity index (χ0) is 14.6. The number of carbonyl (C=O) groups is 1. The maximum absolute atomic E-state index is 11.8. The average Bonchev–Trinajstić information content (AvgIpc) is 2.79. The SMILES string of the molecule is CC(C)(C)OC(=O)N[C@@H]1CCCN(Cc2ccon2)C1. The van der Waals surface area contributed by atoms with Gasteiger partial charge in [-0.3, -0.25) is 4.90 Å². The van der Waals surface area contributed by atoms with Gasteiger partial charge >= 0.3 is 6.09 Å². The van der Waals surface area contributed by atoms with Crippen molar-refractivity contribution in [3.63, 3.8) is 0 Å². The van der Waals surface area contributed by atoms with Crippen LogP contribution in [0, 0.1) is 0 Å². The molecule has 1 N–H and O–H groups in total. The van der Waals surface area contributed by atoms with Gasteiger partial charge in [0, 0.05) is 25.2 Å². The van der Waals surface area contributed by atoms with Crippen molar-refractivity contribution in [2.45, 2.75) is 51.8 Å². The molecule has 2 rings (SSSR count). The molecule has 0 aromatic carbocycles. The van der Waals surface area contributed by atoms with Crippen molar-refractivity contribution in [3.05, 3.63) is 18.0 Å². The van der Waals surface area contributed by atoms with E-state index in [0.29, 0.717) is 0 Å². The zero-order valence-corrected chi connectivity index (χ0v) is 12.4. The molecule has 1 aromatic rings. The highest BCUT2D eigenvalue weighted by molar-refractivity contribution is 5.68. The number of carbonyl (C=O) groups excluding carboxylic acids is 1. The molecule has 0 aliphatic carbocycles. The summed E-state index contributed by atoms with van der Waals surface area (Å²) in [6, 6.07) is 2.00. The highest BCUT2D eigenvalue weighted by atomic mass is 16.6. The number of aromatic nitrogens is 1. The normalized spacial score (nSPS) is 20.6. The van der Waals surface area contributed by atoms with E-state index in [4.69, 9.17) is 9.26 Å². The molecule has 6 nitrogen and oxygen atoms in total. The van der Waals surface area contributed by atoms with E-state index in [9.17, 15) is 4.79 Å². The third-order valence-electron chi connectivity index (χ3n) is 3.10. The van der Waals surface area contributed by atoms with Crippen molar-refractivity contribution in [2.75, 3.05) is 13.1 Å². The fourth-order valence-corrected chi connectivity index (χ4v) is 2.34. The Hall–Kier alpha value is -1.56. The Morgan fingerprint density at radius 3 is 3.05 bits per heavy atom. The van der Waals surface area contributed by atoms with Crippen LogP contribution in [-0.4, -0.2) is 40.9 Å². The first-order valence-corrected chi connectivity index (χ1v) is 7.03. The standard InChI is InChI=1S/C14H23N3O3/c1-14(2,3)20-13(18)15-11-5-4-7-17(9-11)10-12-6-8-19-16-12/h6,8,11H,4-5,7,9-10H2,1-3H3,(H,15,18)/t11-/m1/s1. The number of ether oxygens (including phenoxy) is 1. The summed E-state index contributed by atoms with van der Waals surface area (Å²) >= 11 is 0. The lowest BCUT2D eigenvalue weighted by molar-refractivity contribution is 0.0469. The molecule has 1 aromatic heterocycles. The molecule has 0 radical (unpaired) electrons. The van der Waals surface area contributed by atoms with Gasteiger partial charge in [-0.15, -0.1) is 0 Å². The van der Waals surface area contributed by atoms with Crippen molar-refractivity contribution in [3.8, 4) is 0 Å². The molecule has 2 heterocycles. The first-order valence-electron chi connectivity index (χ1n) is 7.03. The number of hydrogen-bond acceptors (Lipinski definition) is 5. The maximum atomic E-state index is 11.8. The van der Waals surface area contributed by atoms with E-state index in [0.717, 1.165) is 38.2 Å². The number of hydrogen-bond donors (Lipinski definition) is 1. The fourth-order valence-electron chi connectivity index (χ4n) is 2.34. The molecule has 0 unspecified atom stereocenters.